The van der Waals surface area contributed by atoms with Crippen molar-refractivity contribution >= 4 is 23.2 Å². The number of carbonyl (C=O) groups is 1. The SMILES string of the molecule is CN(CC(=O)O)Cc1ccccc1CC(N)=S. The molecule has 3 N–H and O–H groups in total. The van der Waals surface area contributed by atoms with Gasteiger partial charge in [0.2, 0.25) is 0 Å². The predicted octanol–water partition coefficient (Wildman–Crippen LogP) is 1.03. The smallest absolute Gasteiger partial charge is 0.317 e. The largest absolute Gasteiger partial charge is 0.480 e. The quantitative estimate of drug-likeness (QED) is 0.740. The normalized spacial score (nSPS) is 10.5. The Morgan fingerprint density at radius 1 is 1.41 bits per heavy atom. The number of hydrogen-bond donors (Lipinski definition) is 2. The summed E-state index contributed by atoms with van der Waals surface area (Å²) in [7, 11) is 1.77. The van der Waals surface area contributed by atoms with Gasteiger partial charge in [-0.1, -0.05) is 36.5 Å². The highest BCUT2D eigenvalue weighted by molar-refractivity contribution is 7.80. The highest BCUT2D eigenvalue weighted by Crippen LogP contribution is 2.11. The van der Waals surface area contributed by atoms with Crippen molar-refractivity contribution < 1.29 is 9.90 Å². The summed E-state index contributed by atoms with van der Waals surface area (Å²) in [5, 5.41) is 8.69. The summed E-state index contributed by atoms with van der Waals surface area (Å²) < 4.78 is 0. The van der Waals surface area contributed by atoms with Crippen LogP contribution >= 0.6 is 12.2 Å². The van der Waals surface area contributed by atoms with Crippen molar-refractivity contribution in [2.75, 3.05) is 13.6 Å². The molecule has 0 amide bonds. The summed E-state index contributed by atoms with van der Waals surface area (Å²) >= 11 is 4.89. The van der Waals surface area contributed by atoms with Gasteiger partial charge in [0, 0.05) is 13.0 Å². The topological polar surface area (TPSA) is 66.6 Å². The summed E-state index contributed by atoms with van der Waals surface area (Å²) in [6, 6.07) is 7.77. The van der Waals surface area contributed by atoms with Crippen LogP contribution in [0.5, 0.6) is 0 Å². The van der Waals surface area contributed by atoms with Crippen molar-refractivity contribution in [3.63, 3.8) is 0 Å². The fourth-order valence-electron chi connectivity index (χ4n) is 1.65. The third kappa shape index (κ3) is 4.93. The van der Waals surface area contributed by atoms with Gasteiger partial charge in [-0.2, -0.15) is 0 Å². The average Bonchev–Trinajstić information content (AvgIpc) is 2.18. The van der Waals surface area contributed by atoms with E-state index in [1.54, 1.807) is 11.9 Å². The lowest BCUT2D eigenvalue weighted by Crippen LogP contribution is -2.26. The average molecular weight is 252 g/mol. The van der Waals surface area contributed by atoms with Gasteiger partial charge in [0.05, 0.1) is 11.5 Å². The third-order valence-electron chi connectivity index (χ3n) is 2.33. The molecule has 4 nitrogen and oxygen atoms in total. The van der Waals surface area contributed by atoms with Gasteiger partial charge in [-0.05, 0) is 18.2 Å². The Labute approximate surface area is 106 Å². The number of nitrogens with zero attached hydrogens (tertiary/aromatic N) is 1. The molecule has 0 radical (unpaired) electrons. The highest BCUT2D eigenvalue weighted by Gasteiger charge is 2.08. The first-order chi connectivity index (χ1) is 7.99. The zero-order valence-electron chi connectivity index (χ0n) is 9.72. The van der Waals surface area contributed by atoms with Crippen molar-refractivity contribution in [3.8, 4) is 0 Å². The number of aliphatic carboxylic acids is 1. The van der Waals surface area contributed by atoms with Crippen LogP contribution < -0.4 is 5.73 Å². The van der Waals surface area contributed by atoms with Gasteiger partial charge in [-0.15, -0.1) is 0 Å². The first-order valence-corrected chi connectivity index (χ1v) is 5.65. The van der Waals surface area contributed by atoms with Gasteiger partial charge in [-0.3, -0.25) is 9.69 Å². The van der Waals surface area contributed by atoms with E-state index in [1.165, 1.54) is 0 Å². The van der Waals surface area contributed by atoms with Crippen LogP contribution in [0, 0.1) is 0 Å². The Hall–Kier alpha value is -1.46. The molecule has 0 aromatic heterocycles. The minimum atomic E-state index is -0.834. The van der Waals surface area contributed by atoms with Crippen LogP contribution in [0.3, 0.4) is 0 Å². The van der Waals surface area contributed by atoms with Crippen LogP contribution in [0.25, 0.3) is 0 Å². The maximum absolute atomic E-state index is 10.6. The minimum absolute atomic E-state index is 0.0153. The second kappa shape index (κ2) is 6.32. The molecule has 5 heteroatoms. The summed E-state index contributed by atoms with van der Waals surface area (Å²) in [6.07, 6.45) is 0.548. The number of thiocarbonyl (C=S) groups is 1. The molecule has 0 atom stereocenters. The predicted molar refractivity (Wildman–Crippen MR) is 70.9 cm³/mol. The van der Waals surface area contributed by atoms with Gasteiger partial charge in [0.25, 0.3) is 0 Å². The Morgan fingerprint density at radius 2 is 2.00 bits per heavy atom. The van der Waals surface area contributed by atoms with Crippen LogP contribution in [0.4, 0.5) is 0 Å². The molecule has 0 unspecified atom stereocenters. The molecule has 0 aliphatic heterocycles. The first-order valence-electron chi connectivity index (χ1n) is 5.24. The van der Waals surface area contributed by atoms with E-state index >= 15 is 0 Å². The van der Waals surface area contributed by atoms with Crippen LogP contribution in [0.15, 0.2) is 24.3 Å². The molecule has 0 heterocycles. The Bertz CT molecular complexity index is 421. The maximum Gasteiger partial charge on any atom is 0.317 e. The lowest BCUT2D eigenvalue weighted by molar-refractivity contribution is -0.138. The number of benzene rings is 1. The molecule has 0 aliphatic rings. The molecule has 1 rings (SSSR count). The molecule has 0 bridgehead atoms. The van der Waals surface area contributed by atoms with Crippen molar-refractivity contribution in [2.24, 2.45) is 5.73 Å². The fraction of sp³-hybridized carbons (Fsp3) is 0.333. The fourth-order valence-corrected chi connectivity index (χ4v) is 1.81. The number of carboxylic acids is 1. The molecule has 1 aromatic carbocycles. The van der Waals surface area contributed by atoms with E-state index < -0.39 is 5.97 Å². The van der Waals surface area contributed by atoms with Gasteiger partial charge in [0.1, 0.15) is 0 Å². The standard InChI is InChI=1S/C12H16N2O2S/c1-14(8-12(15)16)7-10-5-3-2-4-9(10)6-11(13)17/h2-5H,6-8H2,1H3,(H2,13,17)(H,15,16). The minimum Gasteiger partial charge on any atom is -0.480 e. The Morgan fingerprint density at radius 3 is 2.53 bits per heavy atom. The number of rotatable bonds is 6. The van der Waals surface area contributed by atoms with Crippen molar-refractivity contribution in [1.82, 2.24) is 4.90 Å². The van der Waals surface area contributed by atoms with Gasteiger partial charge >= 0.3 is 5.97 Å². The van der Waals surface area contributed by atoms with E-state index in [9.17, 15) is 4.79 Å². The molecular formula is C12H16N2O2S. The van der Waals surface area contributed by atoms with E-state index in [0.29, 0.717) is 18.0 Å². The first kappa shape index (κ1) is 13.6. The summed E-state index contributed by atoms with van der Waals surface area (Å²) in [6.45, 7) is 0.590. The zero-order valence-corrected chi connectivity index (χ0v) is 10.5. The number of nitrogens with two attached hydrogens (primary N) is 1. The highest BCUT2D eigenvalue weighted by atomic mass is 32.1. The Balaban J connectivity index is 2.75. The molecule has 0 aliphatic carbocycles. The Kier molecular flexibility index (Phi) is 5.06. The molecule has 0 saturated carbocycles. The second-order valence-electron chi connectivity index (χ2n) is 3.98. The number of carboxylic acid groups (broad SMARTS) is 1. The van der Waals surface area contributed by atoms with Crippen molar-refractivity contribution in [3.05, 3.63) is 35.4 Å². The van der Waals surface area contributed by atoms with Crippen LogP contribution in [-0.4, -0.2) is 34.6 Å². The summed E-state index contributed by atoms with van der Waals surface area (Å²) in [5.74, 6) is -0.834. The van der Waals surface area contributed by atoms with E-state index in [-0.39, 0.29) is 6.54 Å². The number of likely N-dealkylation sites (N-methyl/N-ethyl adjacent to an activating group) is 1. The zero-order chi connectivity index (χ0) is 12.8. The van der Waals surface area contributed by atoms with Crippen molar-refractivity contribution in [2.45, 2.75) is 13.0 Å². The van der Waals surface area contributed by atoms with Crippen molar-refractivity contribution in [1.29, 1.82) is 0 Å². The third-order valence-corrected chi connectivity index (χ3v) is 2.47. The van der Waals surface area contributed by atoms with Crippen LogP contribution in [0.1, 0.15) is 11.1 Å². The molecular weight excluding hydrogens is 236 g/mol. The van der Waals surface area contributed by atoms with E-state index in [4.69, 9.17) is 23.1 Å². The molecule has 0 spiro atoms. The molecule has 92 valence electrons. The molecule has 17 heavy (non-hydrogen) atoms. The number of hydrogen-bond acceptors (Lipinski definition) is 3. The maximum atomic E-state index is 10.6. The molecule has 0 saturated heterocycles. The van der Waals surface area contributed by atoms with Gasteiger partial charge in [0.15, 0.2) is 0 Å². The molecule has 0 fully saturated rings. The monoisotopic (exact) mass is 252 g/mol. The van der Waals surface area contributed by atoms with Crippen LogP contribution in [-0.2, 0) is 17.8 Å². The lowest BCUT2D eigenvalue weighted by atomic mass is 10.0. The summed E-state index contributed by atoms with van der Waals surface area (Å²) in [4.78, 5) is 12.8. The van der Waals surface area contributed by atoms with Gasteiger partial charge in [-0.25, -0.2) is 0 Å². The lowest BCUT2D eigenvalue weighted by Gasteiger charge is -2.16. The van der Waals surface area contributed by atoms with Crippen LogP contribution in [0.2, 0.25) is 0 Å². The van der Waals surface area contributed by atoms with E-state index in [1.807, 2.05) is 24.3 Å². The summed E-state index contributed by atoms with van der Waals surface area (Å²) in [5.41, 5.74) is 7.64. The molecule has 1 aromatic rings. The second-order valence-corrected chi connectivity index (χ2v) is 4.50. The van der Waals surface area contributed by atoms with E-state index in [2.05, 4.69) is 0 Å². The van der Waals surface area contributed by atoms with E-state index in [0.717, 1.165) is 11.1 Å². The van der Waals surface area contributed by atoms with Gasteiger partial charge < -0.3 is 10.8 Å².